The van der Waals surface area contributed by atoms with Crippen LogP contribution < -0.4 is 5.43 Å². The SMILES string of the molecule is CC(C)CCON=O.CCOC(=O)c1cn([C@@H]2C[C@@H]2F)c2c(C)c(F)cc([N+](=O)[O-])c2c1=O. The van der Waals surface area contributed by atoms with Gasteiger partial charge in [-0.05, 0) is 26.2 Å². The van der Waals surface area contributed by atoms with Crippen molar-refractivity contribution in [2.45, 2.75) is 52.8 Å². The van der Waals surface area contributed by atoms with E-state index in [1.165, 1.54) is 18.4 Å². The Kier molecular flexibility index (Phi) is 8.55. The van der Waals surface area contributed by atoms with Crippen LogP contribution in [0, 0.1) is 33.7 Å². The van der Waals surface area contributed by atoms with E-state index in [0.717, 1.165) is 12.6 Å². The number of halogens is 2. The molecule has 3 rings (SSSR count). The number of aromatic nitrogens is 1. The monoisotopic (exact) mass is 469 g/mol. The van der Waals surface area contributed by atoms with Crippen molar-refractivity contribution in [1.82, 2.24) is 4.57 Å². The summed E-state index contributed by atoms with van der Waals surface area (Å²) in [5, 5.41) is 13.1. The van der Waals surface area contributed by atoms with Crippen molar-refractivity contribution in [2.24, 2.45) is 11.3 Å². The molecule has 10 nitrogen and oxygen atoms in total. The second-order valence-electron chi connectivity index (χ2n) is 7.89. The number of carbonyl (C=O) groups excluding carboxylic acids is 1. The summed E-state index contributed by atoms with van der Waals surface area (Å²) in [4.78, 5) is 48.7. The first kappa shape index (κ1) is 25.8. The number of nitrogens with zero attached hydrogens (tertiary/aromatic N) is 3. The summed E-state index contributed by atoms with van der Waals surface area (Å²) in [6, 6.07) is -0.0746. The molecule has 12 heteroatoms. The molecular weight excluding hydrogens is 444 g/mol. The number of benzene rings is 1. The fraction of sp³-hybridized carbons (Fsp3) is 0.524. The van der Waals surface area contributed by atoms with E-state index in [1.54, 1.807) is 0 Å². The fourth-order valence-electron chi connectivity index (χ4n) is 3.19. The van der Waals surface area contributed by atoms with E-state index >= 15 is 0 Å². The number of nitro groups is 1. The van der Waals surface area contributed by atoms with Crippen molar-refractivity contribution in [3.05, 3.63) is 54.5 Å². The van der Waals surface area contributed by atoms with E-state index in [-0.39, 0.29) is 24.1 Å². The highest BCUT2D eigenvalue weighted by Crippen LogP contribution is 2.42. The molecule has 0 saturated heterocycles. The Morgan fingerprint density at radius 1 is 1.42 bits per heavy atom. The summed E-state index contributed by atoms with van der Waals surface area (Å²) >= 11 is 0. The summed E-state index contributed by atoms with van der Waals surface area (Å²) in [7, 11) is 0. The molecule has 1 aromatic carbocycles. The normalized spacial score (nSPS) is 16.7. The maximum Gasteiger partial charge on any atom is 0.343 e. The lowest BCUT2D eigenvalue weighted by molar-refractivity contribution is -0.383. The highest BCUT2D eigenvalue weighted by atomic mass is 19.1. The number of alkyl halides is 1. The first-order valence-corrected chi connectivity index (χ1v) is 10.3. The molecule has 2 atom stereocenters. The second-order valence-corrected chi connectivity index (χ2v) is 7.89. The van der Waals surface area contributed by atoms with Gasteiger partial charge < -0.3 is 14.1 Å². The number of non-ortho nitro benzene ring substituents is 1. The smallest absolute Gasteiger partial charge is 0.343 e. The Balaban J connectivity index is 0.000000414. The Labute approximate surface area is 187 Å². The molecule has 0 radical (unpaired) electrons. The Bertz CT molecular complexity index is 1120. The van der Waals surface area contributed by atoms with Crippen LogP contribution in [0.4, 0.5) is 14.5 Å². The molecule has 1 aromatic heterocycles. The molecule has 1 fully saturated rings. The number of pyridine rings is 1. The van der Waals surface area contributed by atoms with Crippen molar-refractivity contribution in [3.8, 4) is 0 Å². The van der Waals surface area contributed by atoms with Crippen molar-refractivity contribution in [2.75, 3.05) is 13.2 Å². The topological polar surface area (TPSA) is 130 Å². The largest absolute Gasteiger partial charge is 0.462 e. The molecule has 0 amide bonds. The van der Waals surface area contributed by atoms with Crippen LogP contribution in [0.25, 0.3) is 10.9 Å². The van der Waals surface area contributed by atoms with Gasteiger partial charge in [0.05, 0.1) is 29.2 Å². The molecule has 1 saturated carbocycles. The van der Waals surface area contributed by atoms with E-state index in [9.17, 15) is 33.4 Å². The highest BCUT2D eigenvalue weighted by Gasteiger charge is 2.41. The molecule has 0 aliphatic heterocycles. The van der Waals surface area contributed by atoms with E-state index in [1.807, 2.05) is 0 Å². The van der Waals surface area contributed by atoms with Crippen molar-refractivity contribution in [3.63, 3.8) is 0 Å². The van der Waals surface area contributed by atoms with Gasteiger partial charge in [0.1, 0.15) is 29.5 Å². The van der Waals surface area contributed by atoms with Crippen LogP contribution in [0.3, 0.4) is 0 Å². The molecule has 0 bridgehead atoms. The lowest BCUT2D eigenvalue weighted by Crippen LogP contribution is -2.22. The van der Waals surface area contributed by atoms with E-state index in [4.69, 9.17) is 4.74 Å². The third-order valence-electron chi connectivity index (χ3n) is 5.04. The van der Waals surface area contributed by atoms with Crippen LogP contribution in [-0.4, -0.2) is 34.8 Å². The van der Waals surface area contributed by atoms with Crippen LogP contribution in [0.5, 0.6) is 0 Å². The number of fused-ring (bicyclic) bond motifs is 1. The lowest BCUT2D eigenvalue weighted by Gasteiger charge is -2.15. The van der Waals surface area contributed by atoms with Crippen LogP contribution in [0.1, 0.15) is 55.6 Å². The molecule has 2 aromatic rings. The minimum absolute atomic E-state index is 0.00395. The number of rotatable bonds is 8. The van der Waals surface area contributed by atoms with Crippen LogP contribution >= 0.6 is 0 Å². The quantitative estimate of drug-likeness (QED) is 0.182. The zero-order chi connectivity index (χ0) is 24.9. The zero-order valence-corrected chi connectivity index (χ0v) is 18.7. The van der Waals surface area contributed by atoms with Gasteiger partial charge >= 0.3 is 5.97 Å². The van der Waals surface area contributed by atoms with Gasteiger partial charge in [-0.1, -0.05) is 13.8 Å². The molecule has 1 heterocycles. The highest BCUT2D eigenvalue weighted by molar-refractivity contribution is 5.98. The second kappa shape index (κ2) is 10.9. The Morgan fingerprint density at radius 2 is 2.06 bits per heavy atom. The predicted octanol–water partition coefficient (Wildman–Crippen LogP) is 4.55. The zero-order valence-electron chi connectivity index (χ0n) is 18.7. The van der Waals surface area contributed by atoms with Crippen LogP contribution in [0.15, 0.2) is 22.4 Å². The average Bonchev–Trinajstić information content (AvgIpc) is 3.47. The van der Waals surface area contributed by atoms with Gasteiger partial charge in [-0.15, -0.1) is 4.91 Å². The summed E-state index contributed by atoms with van der Waals surface area (Å²) < 4.78 is 33.8. The predicted molar refractivity (Wildman–Crippen MR) is 115 cm³/mol. The number of hydrogen-bond acceptors (Lipinski definition) is 8. The summed E-state index contributed by atoms with van der Waals surface area (Å²) in [6.07, 6.45) is 0.876. The standard InChI is InChI=1S/C16H14F2N2O5.C5H11NO2/c1-3-25-16(22)8-6-19(11-5-10(11)18)14-7(2)9(17)4-12(20(23)24)13(14)15(8)21;1-5(2)3-4-8-6-7/h4,6,10-11H,3,5H2,1-2H3;5H,3-4H2,1-2H3/t10-,11+;/m0./s1. The van der Waals surface area contributed by atoms with Gasteiger partial charge in [0.15, 0.2) is 5.34 Å². The number of aryl methyl sites for hydroxylation is 1. The minimum atomic E-state index is -1.23. The molecular formula is C21H25F2N3O7. The van der Waals surface area contributed by atoms with Gasteiger partial charge in [-0.25, -0.2) is 13.6 Å². The third kappa shape index (κ3) is 5.88. The average molecular weight is 469 g/mol. The third-order valence-corrected chi connectivity index (χ3v) is 5.04. The fourth-order valence-corrected chi connectivity index (χ4v) is 3.19. The summed E-state index contributed by atoms with van der Waals surface area (Å²) in [5.41, 5.74) is -2.24. The van der Waals surface area contributed by atoms with E-state index < -0.39 is 51.0 Å². The number of esters is 1. The minimum Gasteiger partial charge on any atom is -0.462 e. The first-order valence-electron chi connectivity index (χ1n) is 10.3. The van der Waals surface area contributed by atoms with Crippen LogP contribution in [0.2, 0.25) is 0 Å². The maximum absolute atomic E-state index is 14.1. The molecule has 1 aliphatic rings. The number of carbonyl (C=O) groups is 1. The lowest BCUT2D eigenvalue weighted by atomic mass is 10.0. The molecule has 33 heavy (non-hydrogen) atoms. The number of nitro benzene ring substituents is 1. The molecule has 180 valence electrons. The van der Waals surface area contributed by atoms with Crippen molar-refractivity contribution in [1.29, 1.82) is 0 Å². The van der Waals surface area contributed by atoms with Gasteiger partial charge in [-0.2, -0.15) is 0 Å². The summed E-state index contributed by atoms with van der Waals surface area (Å²) in [6.45, 7) is 7.45. The van der Waals surface area contributed by atoms with Crippen molar-refractivity contribution < 1.29 is 28.1 Å². The molecule has 0 spiro atoms. The van der Waals surface area contributed by atoms with Gasteiger partial charge in [0.25, 0.3) is 5.69 Å². The van der Waals surface area contributed by atoms with Gasteiger partial charge in [0.2, 0.25) is 5.43 Å². The number of ether oxygens (including phenoxy) is 1. The number of hydrogen-bond donors (Lipinski definition) is 0. The first-order chi connectivity index (χ1) is 15.5. The van der Waals surface area contributed by atoms with Crippen molar-refractivity contribution >= 4 is 22.6 Å². The summed E-state index contributed by atoms with van der Waals surface area (Å²) in [5.74, 6) is -1.26. The van der Waals surface area contributed by atoms with Gasteiger partial charge in [0, 0.05) is 18.2 Å². The molecule has 1 aliphatic carbocycles. The van der Waals surface area contributed by atoms with E-state index in [2.05, 4.69) is 24.0 Å². The van der Waals surface area contributed by atoms with Gasteiger partial charge in [-0.3, -0.25) is 14.9 Å². The Morgan fingerprint density at radius 3 is 2.55 bits per heavy atom. The van der Waals surface area contributed by atoms with Crippen LogP contribution in [-0.2, 0) is 9.57 Å². The molecule has 0 unspecified atom stereocenters. The maximum atomic E-state index is 14.1. The molecule has 0 N–H and O–H groups in total. The van der Waals surface area contributed by atoms with E-state index in [0.29, 0.717) is 18.6 Å². The Hall–Kier alpha value is -3.44.